The molecule has 0 saturated carbocycles. The second kappa shape index (κ2) is 5.94. The molecule has 2 rings (SSSR count). The highest BCUT2D eigenvalue weighted by Crippen LogP contribution is 2.34. The predicted molar refractivity (Wildman–Crippen MR) is 76.8 cm³/mol. The molecular weight excluding hydrogens is 256 g/mol. The first kappa shape index (κ1) is 14.4. The smallest absolute Gasteiger partial charge is 0.268 e. The average molecular weight is 276 g/mol. The molecule has 1 atom stereocenters. The molecule has 5 nitrogen and oxygen atoms in total. The van der Waals surface area contributed by atoms with Crippen LogP contribution in [0.4, 0.5) is 5.69 Å². The maximum absolute atomic E-state index is 12.4. The molecule has 108 valence electrons. The number of rotatable bonds is 4. The number of carbonyl (C=O) groups excluding carboxylic acids is 2. The summed E-state index contributed by atoms with van der Waals surface area (Å²) in [7, 11) is 3.43. The van der Waals surface area contributed by atoms with Crippen LogP contribution in [0.5, 0.6) is 5.75 Å². The van der Waals surface area contributed by atoms with E-state index in [1.165, 1.54) is 4.90 Å². The van der Waals surface area contributed by atoms with E-state index in [4.69, 9.17) is 4.74 Å². The fourth-order valence-electron chi connectivity index (χ4n) is 2.20. The van der Waals surface area contributed by atoms with Gasteiger partial charge < -0.3 is 14.5 Å². The topological polar surface area (TPSA) is 49.9 Å². The van der Waals surface area contributed by atoms with Gasteiger partial charge in [-0.2, -0.15) is 0 Å². The van der Waals surface area contributed by atoms with Crippen LogP contribution in [0.2, 0.25) is 0 Å². The molecule has 0 fully saturated rings. The lowest BCUT2D eigenvalue weighted by molar-refractivity contribution is -0.129. The number of para-hydroxylation sites is 2. The Morgan fingerprint density at radius 3 is 2.70 bits per heavy atom. The minimum Gasteiger partial charge on any atom is -0.478 e. The summed E-state index contributed by atoms with van der Waals surface area (Å²) < 4.78 is 5.69. The molecule has 0 aliphatic carbocycles. The summed E-state index contributed by atoms with van der Waals surface area (Å²) in [5.74, 6) is 0.642. The van der Waals surface area contributed by atoms with Gasteiger partial charge in [0, 0.05) is 27.1 Å². The lowest BCUT2D eigenvalue weighted by atomic mass is 10.1. The number of anilines is 1. The van der Waals surface area contributed by atoms with Crippen molar-refractivity contribution in [3.8, 4) is 5.75 Å². The van der Waals surface area contributed by atoms with Gasteiger partial charge in [0.2, 0.25) is 5.91 Å². The van der Waals surface area contributed by atoms with Crippen LogP contribution in [-0.2, 0) is 9.59 Å². The van der Waals surface area contributed by atoms with Gasteiger partial charge in [-0.3, -0.25) is 9.59 Å². The molecule has 2 amide bonds. The molecule has 1 heterocycles. The number of hydrogen-bond donors (Lipinski definition) is 0. The van der Waals surface area contributed by atoms with Crippen molar-refractivity contribution in [2.75, 3.05) is 25.5 Å². The first-order chi connectivity index (χ1) is 9.54. The fourth-order valence-corrected chi connectivity index (χ4v) is 2.20. The largest absolute Gasteiger partial charge is 0.478 e. The van der Waals surface area contributed by atoms with Gasteiger partial charge >= 0.3 is 0 Å². The number of benzene rings is 1. The Balaban J connectivity index is 2.21. The van der Waals surface area contributed by atoms with Gasteiger partial charge in [-0.05, 0) is 18.6 Å². The summed E-state index contributed by atoms with van der Waals surface area (Å²) in [6.45, 7) is 2.30. The third-order valence-electron chi connectivity index (χ3n) is 3.39. The van der Waals surface area contributed by atoms with Crippen molar-refractivity contribution in [3.63, 3.8) is 0 Å². The van der Waals surface area contributed by atoms with Gasteiger partial charge in [0.25, 0.3) is 5.91 Å². The van der Waals surface area contributed by atoms with E-state index in [0.29, 0.717) is 25.1 Å². The van der Waals surface area contributed by atoms with Gasteiger partial charge in [-0.15, -0.1) is 0 Å². The molecule has 20 heavy (non-hydrogen) atoms. The van der Waals surface area contributed by atoms with Crippen LogP contribution in [0, 0.1) is 0 Å². The van der Waals surface area contributed by atoms with Crippen LogP contribution in [0.1, 0.15) is 19.8 Å². The monoisotopic (exact) mass is 276 g/mol. The molecule has 0 bridgehead atoms. The molecule has 0 aromatic heterocycles. The highest BCUT2D eigenvalue weighted by molar-refractivity contribution is 6.00. The standard InChI is InChI=1S/C15H20N2O3/c1-4-12-15(19)17(10-9-14(18)16(2)3)11-7-5-6-8-13(11)20-12/h5-8,12H,4,9-10H2,1-3H3. The maximum atomic E-state index is 12.4. The third kappa shape index (κ3) is 2.76. The molecule has 0 saturated heterocycles. The van der Waals surface area contributed by atoms with E-state index in [-0.39, 0.29) is 11.8 Å². The average Bonchev–Trinajstić information content (AvgIpc) is 2.45. The van der Waals surface area contributed by atoms with E-state index in [2.05, 4.69) is 0 Å². The number of hydrogen-bond acceptors (Lipinski definition) is 3. The van der Waals surface area contributed by atoms with Crippen molar-refractivity contribution in [2.45, 2.75) is 25.9 Å². The van der Waals surface area contributed by atoms with E-state index in [1.54, 1.807) is 19.0 Å². The van der Waals surface area contributed by atoms with E-state index in [0.717, 1.165) is 5.69 Å². The van der Waals surface area contributed by atoms with Crippen LogP contribution in [0.15, 0.2) is 24.3 Å². The SMILES string of the molecule is CCC1Oc2ccccc2N(CCC(=O)N(C)C)C1=O. The molecule has 1 aliphatic rings. The molecular formula is C15H20N2O3. The van der Waals surface area contributed by atoms with Crippen molar-refractivity contribution < 1.29 is 14.3 Å². The van der Waals surface area contributed by atoms with E-state index >= 15 is 0 Å². The van der Waals surface area contributed by atoms with Gasteiger partial charge in [0.05, 0.1) is 5.69 Å². The highest BCUT2D eigenvalue weighted by atomic mass is 16.5. The summed E-state index contributed by atoms with van der Waals surface area (Å²) in [5, 5.41) is 0. The Kier molecular flexibility index (Phi) is 4.27. The van der Waals surface area contributed by atoms with Gasteiger partial charge in [0.15, 0.2) is 6.10 Å². The molecule has 0 radical (unpaired) electrons. The summed E-state index contributed by atoms with van der Waals surface area (Å²) in [6, 6.07) is 7.44. The molecule has 0 N–H and O–H groups in total. The number of carbonyl (C=O) groups is 2. The number of amides is 2. The van der Waals surface area contributed by atoms with Crippen LogP contribution < -0.4 is 9.64 Å². The highest BCUT2D eigenvalue weighted by Gasteiger charge is 2.33. The summed E-state index contributed by atoms with van der Waals surface area (Å²) >= 11 is 0. The van der Waals surface area contributed by atoms with Crippen LogP contribution in [0.3, 0.4) is 0 Å². The Morgan fingerprint density at radius 2 is 2.05 bits per heavy atom. The summed E-state index contributed by atoms with van der Waals surface area (Å²) in [5.41, 5.74) is 0.744. The minimum absolute atomic E-state index is 0.00909. The summed E-state index contributed by atoms with van der Waals surface area (Å²) in [6.07, 6.45) is 0.466. The first-order valence-electron chi connectivity index (χ1n) is 6.81. The first-order valence-corrected chi connectivity index (χ1v) is 6.81. The molecule has 1 unspecified atom stereocenters. The van der Waals surface area contributed by atoms with Crippen LogP contribution in [0.25, 0.3) is 0 Å². The third-order valence-corrected chi connectivity index (χ3v) is 3.39. The zero-order valence-corrected chi connectivity index (χ0v) is 12.1. The molecule has 1 aliphatic heterocycles. The number of fused-ring (bicyclic) bond motifs is 1. The number of ether oxygens (including phenoxy) is 1. The van der Waals surface area contributed by atoms with Crippen LogP contribution in [-0.4, -0.2) is 43.5 Å². The molecule has 0 spiro atoms. The maximum Gasteiger partial charge on any atom is 0.268 e. The minimum atomic E-state index is -0.459. The Hall–Kier alpha value is -2.04. The zero-order valence-electron chi connectivity index (χ0n) is 12.1. The molecule has 1 aromatic carbocycles. The second-order valence-electron chi connectivity index (χ2n) is 5.01. The predicted octanol–water partition coefficient (Wildman–Crippen LogP) is 1.67. The van der Waals surface area contributed by atoms with Crippen molar-refractivity contribution in [1.29, 1.82) is 0 Å². The Labute approximate surface area is 119 Å². The molecule has 5 heteroatoms. The normalized spacial score (nSPS) is 17.4. The van der Waals surface area contributed by atoms with Crippen molar-refractivity contribution in [1.82, 2.24) is 4.90 Å². The lowest BCUT2D eigenvalue weighted by Gasteiger charge is -2.34. The second-order valence-corrected chi connectivity index (χ2v) is 5.01. The van der Waals surface area contributed by atoms with E-state index in [9.17, 15) is 9.59 Å². The van der Waals surface area contributed by atoms with E-state index in [1.807, 2.05) is 31.2 Å². The molecule has 1 aromatic rings. The Bertz CT molecular complexity index is 514. The van der Waals surface area contributed by atoms with Gasteiger partial charge in [-0.1, -0.05) is 19.1 Å². The van der Waals surface area contributed by atoms with E-state index < -0.39 is 6.10 Å². The van der Waals surface area contributed by atoms with Crippen molar-refractivity contribution >= 4 is 17.5 Å². The zero-order chi connectivity index (χ0) is 14.7. The van der Waals surface area contributed by atoms with Crippen LogP contribution >= 0.6 is 0 Å². The summed E-state index contributed by atoms with van der Waals surface area (Å²) in [4.78, 5) is 27.3. The fraction of sp³-hybridized carbons (Fsp3) is 0.467. The van der Waals surface area contributed by atoms with Gasteiger partial charge in [-0.25, -0.2) is 0 Å². The van der Waals surface area contributed by atoms with Crippen molar-refractivity contribution in [3.05, 3.63) is 24.3 Å². The van der Waals surface area contributed by atoms with Crippen molar-refractivity contribution in [2.24, 2.45) is 0 Å². The Morgan fingerprint density at radius 1 is 1.35 bits per heavy atom. The quantitative estimate of drug-likeness (QED) is 0.840. The van der Waals surface area contributed by atoms with Gasteiger partial charge in [0.1, 0.15) is 5.75 Å². The number of nitrogens with zero attached hydrogens (tertiary/aromatic N) is 2. The lowest BCUT2D eigenvalue weighted by Crippen LogP contribution is -2.46.